The maximum atomic E-state index is 11.7. The monoisotopic (exact) mass is 437 g/mol. The third kappa shape index (κ3) is 22.5. The number of likely N-dealkylation sites (N-methyl/N-ethyl adjacent to an activating group) is 1. The number of phosphoric ester groups is 1. The van der Waals surface area contributed by atoms with E-state index in [0.29, 0.717) is 11.0 Å². The number of unbranched alkanes of at least 4 members (excludes halogenated alkanes) is 13. The quantitative estimate of drug-likeness (QED) is 0.155. The first kappa shape index (κ1) is 29.0. The van der Waals surface area contributed by atoms with Crippen LogP contribution in [0.1, 0.15) is 96.8 Å². The molecule has 0 fully saturated rings. The van der Waals surface area contributed by atoms with Crippen molar-refractivity contribution in [3.63, 3.8) is 0 Å². The Hall–Kier alpha value is 0.0300. The van der Waals surface area contributed by atoms with E-state index < -0.39 is 13.9 Å². The van der Waals surface area contributed by atoms with Crippen LogP contribution in [0.5, 0.6) is 0 Å². The van der Waals surface area contributed by atoms with Gasteiger partial charge in [-0.05, 0) is 6.42 Å². The molecule has 0 aliphatic rings. The van der Waals surface area contributed by atoms with Gasteiger partial charge in [0, 0.05) is 0 Å². The molecule has 0 aromatic carbocycles. The van der Waals surface area contributed by atoms with E-state index in [1.807, 2.05) is 21.1 Å². The Balaban J connectivity index is 3.43. The van der Waals surface area contributed by atoms with Crippen LogP contribution in [-0.4, -0.2) is 56.6 Å². The van der Waals surface area contributed by atoms with Gasteiger partial charge in [0.15, 0.2) is 0 Å². The SMILES string of the molecule is CCCCCCCCCCCCCCCCOP(=O)([O-])OCC(O)C[N+](C)(C)C. The third-order valence-corrected chi connectivity index (χ3v) is 5.89. The summed E-state index contributed by atoms with van der Waals surface area (Å²) in [5, 5.41) is 9.80. The Kier molecular flexibility index (Phi) is 17.7. The van der Waals surface area contributed by atoms with Crippen molar-refractivity contribution in [2.24, 2.45) is 0 Å². The highest BCUT2D eigenvalue weighted by Gasteiger charge is 2.18. The van der Waals surface area contributed by atoms with Gasteiger partial charge < -0.3 is 23.5 Å². The van der Waals surface area contributed by atoms with Crippen molar-refractivity contribution >= 4 is 7.82 Å². The normalized spacial score (nSPS) is 15.4. The van der Waals surface area contributed by atoms with Gasteiger partial charge in [0.05, 0.1) is 34.4 Å². The van der Waals surface area contributed by atoms with Gasteiger partial charge in [-0.15, -0.1) is 0 Å². The Morgan fingerprint density at radius 1 is 0.793 bits per heavy atom. The summed E-state index contributed by atoms with van der Waals surface area (Å²) in [5.41, 5.74) is 0. The molecule has 2 atom stereocenters. The lowest BCUT2D eigenvalue weighted by Gasteiger charge is -2.28. The van der Waals surface area contributed by atoms with Crippen LogP contribution in [0.2, 0.25) is 0 Å². The second-order valence-corrected chi connectivity index (χ2v) is 10.7. The fourth-order valence-corrected chi connectivity index (χ4v) is 4.15. The van der Waals surface area contributed by atoms with Crippen LogP contribution in [-0.2, 0) is 13.6 Å². The van der Waals surface area contributed by atoms with Gasteiger partial charge in [-0.3, -0.25) is 4.57 Å². The van der Waals surface area contributed by atoms with Crippen molar-refractivity contribution in [3.05, 3.63) is 0 Å². The molecule has 0 saturated carbocycles. The van der Waals surface area contributed by atoms with E-state index >= 15 is 0 Å². The molecule has 0 radical (unpaired) electrons. The Morgan fingerprint density at radius 3 is 1.62 bits per heavy atom. The van der Waals surface area contributed by atoms with Gasteiger partial charge in [0.2, 0.25) is 0 Å². The van der Waals surface area contributed by atoms with Crippen molar-refractivity contribution in [1.29, 1.82) is 0 Å². The van der Waals surface area contributed by atoms with Crippen LogP contribution in [0.15, 0.2) is 0 Å². The second-order valence-electron chi connectivity index (χ2n) is 9.30. The molecule has 176 valence electrons. The van der Waals surface area contributed by atoms with Crippen molar-refractivity contribution in [2.45, 2.75) is 103 Å². The van der Waals surface area contributed by atoms with Crippen LogP contribution >= 0.6 is 7.82 Å². The number of hydrogen-bond acceptors (Lipinski definition) is 5. The fraction of sp³-hybridized carbons (Fsp3) is 1.00. The van der Waals surface area contributed by atoms with Gasteiger partial charge in [-0.25, -0.2) is 0 Å². The zero-order valence-corrected chi connectivity index (χ0v) is 20.5. The largest absolute Gasteiger partial charge is 0.756 e. The van der Waals surface area contributed by atoms with E-state index in [2.05, 4.69) is 6.92 Å². The van der Waals surface area contributed by atoms with Crippen LogP contribution in [0.25, 0.3) is 0 Å². The molecule has 0 amide bonds. The molecule has 7 heteroatoms. The first-order chi connectivity index (χ1) is 13.7. The summed E-state index contributed by atoms with van der Waals surface area (Å²) in [6.07, 6.45) is 16.7. The van der Waals surface area contributed by atoms with E-state index in [9.17, 15) is 14.6 Å². The average Bonchev–Trinajstić information content (AvgIpc) is 2.62. The topological polar surface area (TPSA) is 78.8 Å². The van der Waals surface area contributed by atoms with E-state index in [-0.39, 0.29) is 13.2 Å². The first-order valence-corrected chi connectivity index (χ1v) is 13.2. The standard InChI is InChI=1S/C22H48NO5P/c1-5-6-7-8-9-10-11-12-13-14-15-16-17-18-19-27-29(25,26)28-21-22(24)20-23(2,3)4/h22,24H,5-21H2,1-4H3. The lowest BCUT2D eigenvalue weighted by Crippen LogP contribution is -2.43. The van der Waals surface area contributed by atoms with Gasteiger partial charge in [0.25, 0.3) is 7.82 Å². The van der Waals surface area contributed by atoms with E-state index in [1.165, 1.54) is 70.6 Å². The predicted molar refractivity (Wildman–Crippen MR) is 119 cm³/mol. The molecule has 0 rings (SSSR count). The maximum absolute atomic E-state index is 11.7. The van der Waals surface area contributed by atoms with E-state index in [1.54, 1.807) is 0 Å². The molecule has 0 heterocycles. The smallest absolute Gasteiger partial charge is 0.267 e. The van der Waals surface area contributed by atoms with Crippen molar-refractivity contribution in [1.82, 2.24) is 0 Å². The number of nitrogens with zero attached hydrogens (tertiary/aromatic N) is 1. The number of aliphatic hydroxyl groups excluding tert-OH is 1. The molecule has 0 spiro atoms. The molecule has 0 aliphatic heterocycles. The van der Waals surface area contributed by atoms with Crippen molar-refractivity contribution in [3.8, 4) is 0 Å². The van der Waals surface area contributed by atoms with Gasteiger partial charge in [0.1, 0.15) is 12.6 Å². The lowest BCUT2D eigenvalue weighted by atomic mass is 10.0. The molecule has 29 heavy (non-hydrogen) atoms. The Morgan fingerprint density at radius 2 is 1.21 bits per heavy atom. The molecule has 0 bridgehead atoms. The molecule has 0 aliphatic carbocycles. The molecule has 6 nitrogen and oxygen atoms in total. The number of aliphatic hydroxyl groups is 1. The van der Waals surface area contributed by atoms with Crippen LogP contribution in [0.4, 0.5) is 0 Å². The molecule has 0 aromatic heterocycles. The molecule has 2 unspecified atom stereocenters. The Bertz CT molecular complexity index is 414. The zero-order chi connectivity index (χ0) is 22.0. The number of hydrogen-bond donors (Lipinski definition) is 1. The molecule has 0 saturated heterocycles. The third-order valence-electron chi connectivity index (χ3n) is 4.93. The van der Waals surface area contributed by atoms with Crippen LogP contribution in [0.3, 0.4) is 0 Å². The maximum Gasteiger partial charge on any atom is 0.267 e. The van der Waals surface area contributed by atoms with Crippen molar-refractivity contribution < 1.29 is 28.1 Å². The van der Waals surface area contributed by atoms with E-state index in [0.717, 1.165) is 19.3 Å². The minimum atomic E-state index is -4.32. The first-order valence-electron chi connectivity index (χ1n) is 11.7. The lowest BCUT2D eigenvalue weighted by molar-refractivity contribution is -0.873. The molecule has 0 aromatic rings. The predicted octanol–water partition coefficient (Wildman–Crippen LogP) is 5.04. The highest BCUT2D eigenvalue weighted by Crippen LogP contribution is 2.38. The summed E-state index contributed by atoms with van der Waals surface area (Å²) >= 11 is 0. The fourth-order valence-electron chi connectivity index (χ4n) is 3.37. The number of quaternary nitrogens is 1. The van der Waals surface area contributed by atoms with Crippen molar-refractivity contribution in [2.75, 3.05) is 40.9 Å². The summed E-state index contributed by atoms with van der Waals surface area (Å²) in [4.78, 5) is 11.7. The molecular weight excluding hydrogens is 389 g/mol. The van der Waals surface area contributed by atoms with Crippen LogP contribution < -0.4 is 4.89 Å². The highest BCUT2D eigenvalue weighted by atomic mass is 31.2. The summed E-state index contributed by atoms with van der Waals surface area (Å²) < 4.78 is 21.9. The average molecular weight is 438 g/mol. The van der Waals surface area contributed by atoms with E-state index in [4.69, 9.17) is 9.05 Å². The minimum Gasteiger partial charge on any atom is -0.756 e. The summed E-state index contributed by atoms with van der Waals surface area (Å²) in [7, 11) is 1.45. The molecule has 1 N–H and O–H groups in total. The van der Waals surface area contributed by atoms with Gasteiger partial charge in [-0.2, -0.15) is 0 Å². The molecular formula is C22H48NO5P. The Labute approximate surface area is 180 Å². The minimum absolute atomic E-state index is 0.157. The summed E-state index contributed by atoms with van der Waals surface area (Å²) in [6, 6.07) is 0. The van der Waals surface area contributed by atoms with Crippen LogP contribution in [0, 0.1) is 0 Å². The van der Waals surface area contributed by atoms with Gasteiger partial charge >= 0.3 is 0 Å². The number of phosphoric acid groups is 1. The highest BCUT2D eigenvalue weighted by molar-refractivity contribution is 7.45. The second kappa shape index (κ2) is 17.7. The summed E-state index contributed by atoms with van der Waals surface area (Å²) in [6.45, 7) is 2.57. The zero-order valence-electron chi connectivity index (χ0n) is 19.6. The van der Waals surface area contributed by atoms with Gasteiger partial charge in [-0.1, -0.05) is 90.4 Å². The summed E-state index contributed by atoms with van der Waals surface area (Å²) in [5.74, 6) is 0. The number of rotatable bonds is 21.